The third kappa shape index (κ3) is 2.64. The molecule has 1 heterocycles. The minimum Gasteiger partial charge on any atom is -0.496 e. The van der Waals surface area contributed by atoms with Crippen molar-refractivity contribution < 1.29 is 18.3 Å². The number of nitrogens with two attached hydrogens (primary N) is 1. The fraction of sp³-hybridized carbons (Fsp3) is 0.294. The van der Waals surface area contributed by atoms with Crippen LogP contribution in [0.25, 0.3) is 11.1 Å². The lowest BCUT2D eigenvalue weighted by Gasteiger charge is -2.27. The lowest BCUT2D eigenvalue weighted by Crippen LogP contribution is -2.30. The number of fused-ring (bicyclic) bond motifs is 1. The van der Waals surface area contributed by atoms with Crippen LogP contribution in [0, 0.1) is 11.6 Å². The van der Waals surface area contributed by atoms with Gasteiger partial charge in [-0.05, 0) is 48.7 Å². The van der Waals surface area contributed by atoms with Gasteiger partial charge in [0.05, 0.1) is 7.11 Å². The number of rotatable bonds is 3. The third-order valence-electron chi connectivity index (χ3n) is 3.87. The van der Waals surface area contributed by atoms with Crippen LogP contribution in [-0.4, -0.2) is 19.8 Å². The fourth-order valence-corrected chi connectivity index (χ4v) is 2.77. The van der Waals surface area contributed by atoms with E-state index in [-0.39, 0.29) is 11.9 Å². The first-order valence-corrected chi connectivity index (χ1v) is 7.15. The summed E-state index contributed by atoms with van der Waals surface area (Å²) in [4.78, 5) is 0. The molecule has 2 N–H and O–H groups in total. The molecule has 22 heavy (non-hydrogen) atoms. The summed E-state index contributed by atoms with van der Waals surface area (Å²) < 4.78 is 38.7. The standard InChI is InChI=1S/C17H17F2NO2/c1-21-16-5-3-11(18)7-14(16)15-8-12(19)6-10-2-4-13(9-20)22-17(10)15/h3,5-8,13H,2,4,9,20H2,1H3/t13-/m1/s1. The minimum absolute atomic E-state index is 0.115. The maximum atomic E-state index is 13.9. The molecule has 2 aromatic carbocycles. The lowest BCUT2D eigenvalue weighted by atomic mass is 9.95. The van der Waals surface area contributed by atoms with Crippen LogP contribution in [0.1, 0.15) is 12.0 Å². The van der Waals surface area contributed by atoms with Gasteiger partial charge in [0.1, 0.15) is 29.2 Å². The highest BCUT2D eigenvalue weighted by molar-refractivity contribution is 5.77. The quantitative estimate of drug-likeness (QED) is 0.946. The summed E-state index contributed by atoms with van der Waals surface area (Å²) in [5.41, 5.74) is 7.40. The topological polar surface area (TPSA) is 44.5 Å². The summed E-state index contributed by atoms with van der Waals surface area (Å²) in [6.45, 7) is 0.385. The van der Waals surface area contributed by atoms with Gasteiger partial charge in [-0.15, -0.1) is 0 Å². The Bertz CT molecular complexity index is 703. The highest BCUT2D eigenvalue weighted by atomic mass is 19.1. The number of ether oxygens (including phenoxy) is 2. The Morgan fingerprint density at radius 3 is 2.68 bits per heavy atom. The van der Waals surface area contributed by atoms with Crippen molar-refractivity contribution in [3.05, 3.63) is 47.5 Å². The van der Waals surface area contributed by atoms with Crippen LogP contribution in [0.5, 0.6) is 11.5 Å². The Labute approximate surface area is 127 Å². The SMILES string of the molecule is COc1ccc(F)cc1-c1cc(F)cc2c1O[C@@H](CN)CC2. The minimum atomic E-state index is -0.417. The van der Waals surface area contributed by atoms with Gasteiger partial charge in [0.15, 0.2) is 0 Å². The monoisotopic (exact) mass is 305 g/mol. The van der Waals surface area contributed by atoms with Gasteiger partial charge in [-0.3, -0.25) is 0 Å². The molecule has 0 radical (unpaired) electrons. The second-order valence-electron chi connectivity index (χ2n) is 5.30. The maximum Gasteiger partial charge on any atom is 0.131 e. The summed E-state index contributed by atoms with van der Waals surface area (Å²) in [5.74, 6) is 0.231. The predicted octanol–water partition coefficient (Wildman–Crippen LogP) is 3.29. The summed E-state index contributed by atoms with van der Waals surface area (Å²) in [7, 11) is 1.49. The van der Waals surface area contributed by atoms with Gasteiger partial charge in [0.2, 0.25) is 0 Å². The van der Waals surface area contributed by atoms with E-state index in [1.807, 2.05) is 0 Å². The molecule has 3 nitrogen and oxygen atoms in total. The molecular weight excluding hydrogens is 288 g/mol. The first kappa shape index (κ1) is 14.8. The van der Waals surface area contributed by atoms with Crippen molar-refractivity contribution in [2.45, 2.75) is 18.9 Å². The molecule has 0 saturated carbocycles. The number of benzene rings is 2. The second kappa shape index (κ2) is 5.93. The molecule has 0 saturated heterocycles. The summed E-state index contributed by atoms with van der Waals surface area (Å²) >= 11 is 0. The summed E-state index contributed by atoms with van der Waals surface area (Å²) in [6, 6.07) is 6.94. The highest BCUT2D eigenvalue weighted by Gasteiger charge is 2.24. The van der Waals surface area contributed by atoms with E-state index in [1.54, 1.807) is 0 Å². The van der Waals surface area contributed by atoms with E-state index in [0.29, 0.717) is 35.6 Å². The van der Waals surface area contributed by atoms with Crippen LogP contribution in [0.4, 0.5) is 8.78 Å². The first-order chi connectivity index (χ1) is 10.6. The average molecular weight is 305 g/mol. The highest BCUT2D eigenvalue weighted by Crippen LogP contribution is 2.42. The molecule has 0 unspecified atom stereocenters. The number of halogens is 2. The molecule has 3 rings (SSSR count). The van der Waals surface area contributed by atoms with Gasteiger partial charge in [0, 0.05) is 17.7 Å². The molecule has 0 aromatic heterocycles. The predicted molar refractivity (Wildman–Crippen MR) is 80.1 cm³/mol. The van der Waals surface area contributed by atoms with Gasteiger partial charge < -0.3 is 15.2 Å². The zero-order valence-electron chi connectivity index (χ0n) is 12.2. The van der Waals surface area contributed by atoms with E-state index >= 15 is 0 Å². The van der Waals surface area contributed by atoms with Crippen molar-refractivity contribution in [2.75, 3.05) is 13.7 Å². The maximum absolute atomic E-state index is 13.9. The van der Waals surface area contributed by atoms with E-state index in [0.717, 1.165) is 12.0 Å². The van der Waals surface area contributed by atoms with Gasteiger partial charge in [0.25, 0.3) is 0 Å². The number of aryl methyl sites for hydroxylation is 1. The van der Waals surface area contributed by atoms with Gasteiger partial charge in [-0.1, -0.05) is 0 Å². The Kier molecular flexibility index (Phi) is 3.98. The van der Waals surface area contributed by atoms with E-state index in [2.05, 4.69) is 0 Å². The van der Waals surface area contributed by atoms with Crippen molar-refractivity contribution in [3.63, 3.8) is 0 Å². The fourth-order valence-electron chi connectivity index (χ4n) is 2.77. The smallest absolute Gasteiger partial charge is 0.131 e. The molecule has 0 bridgehead atoms. The normalized spacial score (nSPS) is 16.8. The van der Waals surface area contributed by atoms with Crippen LogP contribution < -0.4 is 15.2 Å². The molecular formula is C17H17F2NO2. The Morgan fingerprint density at radius 2 is 1.95 bits per heavy atom. The molecule has 2 aromatic rings. The van der Waals surface area contributed by atoms with Crippen molar-refractivity contribution in [2.24, 2.45) is 5.73 Å². The number of hydrogen-bond acceptors (Lipinski definition) is 3. The van der Waals surface area contributed by atoms with E-state index in [1.165, 1.54) is 37.4 Å². The van der Waals surface area contributed by atoms with Crippen LogP contribution in [-0.2, 0) is 6.42 Å². The summed E-state index contributed by atoms with van der Waals surface area (Å²) in [5, 5.41) is 0. The molecule has 5 heteroatoms. The van der Waals surface area contributed by atoms with Crippen LogP contribution in [0.15, 0.2) is 30.3 Å². The zero-order chi connectivity index (χ0) is 15.7. The van der Waals surface area contributed by atoms with E-state index in [9.17, 15) is 8.78 Å². The Hall–Kier alpha value is -2.14. The average Bonchev–Trinajstić information content (AvgIpc) is 2.53. The Balaban J connectivity index is 2.19. The molecule has 1 aliphatic heterocycles. The van der Waals surface area contributed by atoms with Gasteiger partial charge >= 0.3 is 0 Å². The van der Waals surface area contributed by atoms with Gasteiger partial charge in [-0.2, -0.15) is 0 Å². The molecule has 1 atom stereocenters. The molecule has 0 spiro atoms. The van der Waals surface area contributed by atoms with Crippen LogP contribution in [0.2, 0.25) is 0 Å². The molecule has 0 amide bonds. The number of hydrogen-bond donors (Lipinski definition) is 1. The molecule has 1 aliphatic rings. The van der Waals surface area contributed by atoms with E-state index < -0.39 is 5.82 Å². The van der Waals surface area contributed by atoms with Gasteiger partial charge in [-0.25, -0.2) is 8.78 Å². The largest absolute Gasteiger partial charge is 0.496 e. The van der Waals surface area contributed by atoms with Crippen molar-refractivity contribution >= 4 is 0 Å². The lowest BCUT2D eigenvalue weighted by molar-refractivity contribution is 0.182. The second-order valence-corrected chi connectivity index (χ2v) is 5.30. The first-order valence-electron chi connectivity index (χ1n) is 7.15. The van der Waals surface area contributed by atoms with Crippen molar-refractivity contribution in [3.8, 4) is 22.6 Å². The number of methoxy groups -OCH3 is 1. The third-order valence-corrected chi connectivity index (χ3v) is 3.87. The molecule has 116 valence electrons. The van der Waals surface area contributed by atoms with Crippen molar-refractivity contribution in [1.29, 1.82) is 0 Å². The zero-order valence-corrected chi connectivity index (χ0v) is 12.2. The molecule has 0 aliphatic carbocycles. The Morgan fingerprint density at radius 1 is 1.18 bits per heavy atom. The van der Waals surface area contributed by atoms with Crippen molar-refractivity contribution in [1.82, 2.24) is 0 Å². The summed E-state index contributed by atoms with van der Waals surface area (Å²) in [6.07, 6.45) is 1.31. The molecule has 0 fully saturated rings. The van der Waals surface area contributed by atoms with E-state index in [4.69, 9.17) is 15.2 Å². The van der Waals surface area contributed by atoms with Crippen LogP contribution in [0.3, 0.4) is 0 Å². The van der Waals surface area contributed by atoms with Crippen LogP contribution >= 0.6 is 0 Å².